The van der Waals surface area contributed by atoms with Crippen molar-refractivity contribution >= 4 is 11.9 Å². The molecule has 0 unspecified atom stereocenters. The summed E-state index contributed by atoms with van der Waals surface area (Å²) < 4.78 is 0. The van der Waals surface area contributed by atoms with E-state index in [0.717, 1.165) is 0 Å². The highest BCUT2D eigenvalue weighted by molar-refractivity contribution is 5.99. The van der Waals surface area contributed by atoms with Crippen molar-refractivity contribution in [1.29, 1.82) is 0 Å². The minimum Gasteiger partial charge on any atom is -0.478 e. The van der Waals surface area contributed by atoms with Crippen LogP contribution < -0.4 is 0 Å². The first-order valence-corrected chi connectivity index (χ1v) is 7.37. The zero-order valence-corrected chi connectivity index (χ0v) is 13.9. The SMILES string of the molecule is CCC(C(=O)O)=C(C(=O)O)C1CC(C)(C)N(C)C(C)(C)C1. The average molecular weight is 297 g/mol. The van der Waals surface area contributed by atoms with Crippen LogP contribution in [0.15, 0.2) is 11.1 Å². The van der Waals surface area contributed by atoms with Gasteiger partial charge in [0.2, 0.25) is 0 Å². The summed E-state index contributed by atoms with van der Waals surface area (Å²) in [4.78, 5) is 25.3. The van der Waals surface area contributed by atoms with Crippen LogP contribution in [0.4, 0.5) is 0 Å². The van der Waals surface area contributed by atoms with Crippen molar-refractivity contribution in [3.05, 3.63) is 11.1 Å². The molecule has 5 heteroatoms. The molecule has 120 valence electrons. The lowest BCUT2D eigenvalue weighted by Gasteiger charge is -2.54. The minimum atomic E-state index is -1.12. The summed E-state index contributed by atoms with van der Waals surface area (Å²) in [6, 6.07) is 0. The topological polar surface area (TPSA) is 77.8 Å². The zero-order valence-electron chi connectivity index (χ0n) is 13.9. The van der Waals surface area contributed by atoms with Gasteiger partial charge in [-0.1, -0.05) is 6.92 Å². The first-order valence-electron chi connectivity index (χ1n) is 7.37. The van der Waals surface area contributed by atoms with Gasteiger partial charge in [-0.3, -0.25) is 4.90 Å². The van der Waals surface area contributed by atoms with Gasteiger partial charge in [-0.2, -0.15) is 0 Å². The molecule has 1 saturated heterocycles. The molecule has 1 aliphatic heterocycles. The monoisotopic (exact) mass is 297 g/mol. The fourth-order valence-corrected chi connectivity index (χ4v) is 3.58. The Bertz CT molecular complexity index is 459. The zero-order chi connectivity index (χ0) is 16.6. The second-order valence-corrected chi connectivity index (χ2v) is 7.15. The number of likely N-dealkylation sites (tertiary alicyclic amines) is 1. The van der Waals surface area contributed by atoms with Crippen molar-refractivity contribution in [2.45, 2.75) is 65.0 Å². The lowest BCUT2D eigenvalue weighted by molar-refractivity contribution is -0.137. The van der Waals surface area contributed by atoms with E-state index in [1.165, 1.54) is 0 Å². The van der Waals surface area contributed by atoms with Crippen molar-refractivity contribution in [1.82, 2.24) is 4.90 Å². The van der Waals surface area contributed by atoms with E-state index >= 15 is 0 Å². The van der Waals surface area contributed by atoms with Gasteiger partial charge < -0.3 is 10.2 Å². The van der Waals surface area contributed by atoms with E-state index < -0.39 is 11.9 Å². The number of hydrogen-bond donors (Lipinski definition) is 2. The molecule has 1 fully saturated rings. The van der Waals surface area contributed by atoms with Gasteiger partial charge in [0.25, 0.3) is 0 Å². The molecular weight excluding hydrogens is 270 g/mol. The van der Waals surface area contributed by atoms with Crippen LogP contribution in [0.25, 0.3) is 0 Å². The van der Waals surface area contributed by atoms with E-state index in [9.17, 15) is 19.8 Å². The molecule has 0 spiro atoms. The van der Waals surface area contributed by atoms with Gasteiger partial charge in [0.05, 0.1) is 5.57 Å². The molecule has 1 heterocycles. The standard InChI is InChI=1S/C16H27NO4/c1-7-11(13(18)19)12(14(20)21)10-8-15(2,3)17(6)16(4,5)9-10/h10H,7-9H2,1-6H3,(H,18,19)(H,20,21). The molecule has 0 aromatic rings. The summed E-state index contributed by atoms with van der Waals surface area (Å²) >= 11 is 0. The second-order valence-electron chi connectivity index (χ2n) is 7.15. The van der Waals surface area contributed by atoms with Crippen LogP contribution >= 0.6 is 0 Å². The summed E-state index contributed by atoms with van der Waals surface area (Å²) in [5.74, 6) is -2.46. The van der Waals surface area contributed by atoms with Crippen LogP contribution in [0.2, 0.25) is 0 Å². The molecule has 0 radical (unpaired) electrons. The second kappa shape index (κ2) is 5.79. The van der Waals surface area contributed by atoms with E-state index in [1.807, 2.05) is 7.05 Å². The molecule has 0 saturated carbocycles. The number of hydrogen-bond acceptors (Lipinski definition) is 3. The summed E-state index contributed by atoms with van der Waals surface area (Å²) in [6.07, 6.45) is 1.51. The molecule has 2 N–H and O–H groups in total. The van der Waals surface area contributed by atoms with E-state index in [4.69, 9.17) is 0 Å². The predicted molar refractivity (Wildman–Crippen MR) is 81.2 cm³/mol. The molecule has 0 aromatic carbocycles. The highest BCUT2D eigenvalue weighted by Crippen LogP contribution is 2.43. The minimum absolute atomic E-state index is 0.0312. The number of nitrogens with zero attached hydrogens (tertiary/aromatic N) is 1. The smallest absolute Gasteiger partial charge is 0.332 e. The third-order valence-corrected chi connectivity index (χ3v) is 4.88. The quantitative estimate of drug-likeness (QED) is 0.780. The van der Waals surface area contributed by atoms with E-state index in [0.29, 0.717) is 12.8 Å². The summed E-state index contributed by atoms with van der Waals surface area (Å²) in [5.41, 5.74) is -0.238. The van der Waals surface area contributed by atoms with Crippen LogP contribution in [-0.4, -0.2) is 45.2 Å². The first-order chi connectivity index (χ1) is 9.44. The Labute approximate surface area is 126 Å². The van der Waals surface area contributed by atoms with E-state index in [1.54, 1.807) is 6.92 Å². The number of carbonyl (C=O) groups is 2. The Morgan fingerprint density at radius 1 is 1.05 bits per heavy atom. The van der Waals surface area contributed by atoms with Crippen LogP contribution in [0.1, 0.15) is 53.9 Å². The van der Waals surface area contributed by atoms with Gasteiger partial charge in [0.15, 0.2) is 0 Å². The maximum atomic E-state index is 11.7. The Morgan fingerprint density at radius 3 is 1.76 bits per heavy atom. The Hall–Kier alpha value is -1.36. The molecule has 0 aromatic heterocycles. The molecule has 1 rings (SSSR count). The Kier molecular flexibility index (Phi) is 4.88. The lowest BCUT2D eigenvalue weighted by Crippen LogP contribution is -2.59. The Balaban J connectivity index is 3.35. The molecule has 0 bridgehead atoms. The van der Waals surface area contributed by atoms with E-state index in [2.05, 4.69) is 32.6 Å². The highest BCUT2D eigenvalue weighted by atomic mass is 16.4. The number of aliphatic carboxylic acids is 2. The summed E-state index contributed by atoms with van der Waals surface area (Å²) in [7, 11) is 2.04. The van der Waals surface area contributed by atoms with Gasteiger partial charge in [-0.05, 0) is 59.9 Å². The fourth-order valence-electron chi connectivity index (χ4n) is 3.58. The highest BCUT2D eigenvalue weighted by Gasteiger charge is 2.45. The van der Waals surface area contributed by atoms with Crippen molar-refractivity contribution in [2.24, 2.45) is 5.92 Å². The van der Waals surface area contributed by atoms with Crippen molar-refractivity contribution < 1.29 is 19.8 Å². The van der Waals surface area contributed by atoms with Crippen LogP contribution in [0.5, 0.6) is 0 Å². The molecule has 0 amide bonds. The van der Waals surface area contributed by atoms with Crippen molar-refractivity contribution in [2.75, 3.05) is 7.05 Å². The van der Waals surface area contributed by atoms with Gasteiger partial charge in [-0.25, -0.2) is 9.59 Å². The van der Waals surface area contributed by atoms with Crippen molar-refractivity contribution in [3.63, 3.8) is 0 Å². The number of carboxylic acid groups (broad SMARTS) is 2. The van der Waals surface area contributed by atoms with Gasteiger partial charge in [0, 0.05) is 16.7 Å². The number of rotatable bonds is 4. The average Bonchev–Trinajstić information content (AvgIpc) is 2.30. The normalized spacial score (nSPS) is 23.5. The third kappa shape index (κ3) is 3.46. The largest absolute Gasteiger partial charge is 0.478 e. The third-order valence-electron chi connectivity index (χ3n) is 4.88. The van der Waals surface area contributed by atoms with Crippen LogP contribution in [0.3, 0.4) is 0 Å². The van der Waals surface area contributed by atoms with E-state index in [-0.39, 0.29) is 34.6 Å². The van der Waals surface area contributed by atoms with Crippen molar-refractivity contribution in [3.8, 4) is 0 Å². The summed E-state index contributed by atoms with van der Waals surface area (Å²) in [5, 5.41) is 18.9. The maximum absolute atomic E-state index is 11.7. The number of carboxylic acids is 2. The first kappa shape index (κ1) is 17.7. The molecule has 5 nitrogen and oxygen atoms in total. The maximum Gasteiger partial charge on any atom is 0.332 e. The van der Waals surface area contributed by atoms with Crippen LogP contribution in [0, 0.1) is 5.92 Å². The summed E-state index contributed by atoms with van der Waals surface area (Å²) in [6.45, 7) is 10.00. The Morgan fingerprint density at radius 2 is 1.48 bits per heavy atom. The molecular formula is C16H27NO4. The predicted octanol–water partition coefficient (Wildman–Crippen LogP) is 2.76. The fraction of sp³-hybridized carbons (Fsp3) is 0.750. The molecule has 21 heavy (non-hydrogen) atoms. The molecule has 1 aliphatic rings. The van der Waals surface area contributed by atoms with Gasteiger partial charge in [-0.15, -0.1) is 0 Å². The lowest BCUT2D eigenvalue weighted by atomic mass is 9.70. The number of piperidine rings is 1. The van der Waals surface area contributed by atoms with Gasteiger partial charge in [0.1, 0.15) is 0 Å². The van der Waals surface area contributed by atoms with Crippen LogP contribution in [-0.2, 0) is 9.59 Å². The van der Waals surface area contributed by atoms with Gasteiger partial charge >= 0.3 is 11.9 Å². The molecule has 0 aliphatic carbocycles. The molecule has 0 atom stereocenters.